The summed E-state index contributed by atoms with van der Waals surface area (Å²) in [5, 5.41) is 6.41. The van der Waals surface area contributed by atoms with Gasteiger partial charge in [-0.25, -0.2) is 4.79 Å². The molecular weight excluding hydrogens is 182 g/mol. The van der Waals surface area contributed by atoms with Gasteiger partial charge in [0.05, 0.1) is 7.11 Å². The topological polar surface area (TPSA) is 77.0 Å². The molecule has 0 unspecified atom stereocenters. The van der Waals surface area contributed by atoms with Gasteiger partial charge in [0.1, 0.15) is 5.70 Å². The van der Waals surface area contributed by atoms with E-state index in [4.69, 9.17) is 17.3 Å². The van der Waals surface area contributed by atoms with Crippen molar-refractivity contribution in [1.82, 2.24) is 0 Å². The molecule has 2 N–H and O–H groups in total. The fourth-order valence-electron chi connectivity index (χ4n) is 0.402. The Balaban J connectivity index is 4.45. The van der Waals surface area contributed by atoms with Crippen LogP contribution in [0, 0.1) is 0 Å². The van der Waals surface area contributed by atoms with E-state index in [1.165, 1.54) is 7.11 Å². The maximum Gasteiger partial charge on any atom is 0.354 e. The second-order valence-corrected chi connectivity index (χ2v) is 2.04. The zero-order valence-corrected chi connectivity index (χ0v) is 7.21. The van der Waals surface area contributed by atoms with Crippen LogP contribution in [0.1, 0.15) is 0 Å². The van der Waals surface area contributed by atoms with Gasteiger partial charge in [0.15, 0.2) is 5.17 Å². The van der Waals surface area contributed by atoms with Crippen molar-refractivity contribution < 1.29 is 9.53 Å². The first-order valence-electron chi connectivity index (χ1n) is 2.86. The van der Waals surface area contributed by atoms with Gasteiger partial charge in [-0.1, -0.05) is 11.6 Å². The Bertz CT molecular complexity index is 247. The highest BCUT2D eigenvalue weighted by molar-refractivity contribution is 6.68. The lowest BCUT2D eigenvalue weighted by Crippen LogP contribution is -2.13. The summed E-state index contributed by atoms with van der Waals surface area (Å²) < 4.78 is 4.30. The summed E-state index contributed by atoms with van der Waals surface area (Å²) in [5.41, 5.74) is 5.07. The Morgan fingerprint density at radius 3 is 2.75 bits per heavy atom. The highest BCUT2D eigenvalue weighted by Gasteiger charge is 2.04. The summed E-state index contributed by atoms with van der Waals surface area (Å²) in [5.74, 6) is -0.674. The fourth-order valence-corrected chi connectivity index (χ4v) is 0.573. The fraction of sp³-hybridized carbons (Fsp3) is 0.167. The monoisotopic (exact) mass is 189 g/mol. The maximum absolute atomic E-state index is 10.7. The van der Waals surface area contributed by atoms with Crippen molar-refractivity contribution in [2.75, 3.05) is 7.11 Å². The van der Waals surface area contributed by atoms with Crippen molar-refractivity contribution in [1.29, 1.82) is 0 Å². The third-order valence-electron chi connectivity index (χ3n) is 0.862. The SMILES string of the molecule is C=NN=C(Cl)C=C(N)C(=O)OC. The number of methoxy groups -OCH3 is 1. The number of rotatable bonds is 3. The molecule has 6 heteroatoms. The van der Waals surface area contributed by atoms with Gasteiger partial charge in [-0.3, -0.25) is 0 Å². The molecule has 0 aromatic heterocycles. The number of hydrogen-bond donors (Lipinski definition) is 1. The molecule has 0 bridgehead atoms. The van der Waals surface area contributed by atoms with Gasteiger partial charge in [-0.05, 0) is 0 Å². The molecule has 0 saturated carbocycles. The number of allylic oxidation sites excluding steroid dienone is 1. The third kappa shape index (κ3) is 3.72. The molecule has 0 radical (unpaired) electrons. The summed E-state index contributed by atoms with van der Waals surface area (Å²) in [6.07, 6.45) is 1.13. The minimum atomic E-state index is -0.674. The van der Waals surface area contributed by atoms with Crippen LogP contribution in [0.2, 0.25) is 0 Å². The first kappa shape index (κ1) is 10.6. The molecule has 5 nitrogen and oxygen atoms in total. The van der Waals surface area contributed by atoms with E-state index < -0.39 is 5.97 Å². The van der Waals surface area contributed by atoms with E-state index in [0.717, 1.165) is 6.08 Å². The van der Waals surface area contributed by atoms with E-state index in [2.05, 4.69) is 21.7 Å². The lowest BCUT2D eigenvalue weighted by molar-refractivity contribution is -0.136. The molecule has 0 atom stereocenters. The van der Waals surface area contributed by atoms with Crippen LogP contribution in [0.15, 0.2) is 22.0 Å². The number of esters is 1. The summed E-state index contributed by atoms with van der Waals surface area (Å²) >= 11 is 5.43. The van der Waals surface area contributed by atoms with Gasteiger partial charge in [0.25, 0.3) is 0 Å². The zero-order chi connectivity index (χ0) is 9.56. The van der Waals surface area contributed by atoms with E-state index >= 15 is 0 Å². The molecule has 0 fully saturated rings. The normalized spacial score (nSPS) is 12.5. The minimum absolute atomic E-state index is 0.0344. The average molecular weight is 190 g/mol. The van der Waals surface area contributed by atoms with Crippen LogP contribution in [0.4, 0.5) is 0 Å². The van der Waals surface area contributed by atoms with E-state index in [1.54, 1.807) is 0 Å². The average Bonchev–Trinajstić information content (AvgIpc) is 2.03. The summed E-state index contributed by atoms with van der Waals surface area (Å²) in [4.78, 5) is 10.7. The smallest absolute Gasteiger partial charge is 0.354 e. The van der Waals surface area contributed by atoms with Crippen LogP contribution in [0.25, 0.3) is 0 Å². The molecular formula is C6H8ClN3O2. The predicted molar refractivity (Wildman–Crippen MR) is 47.1 cm³/mol. The molecule has 0 spiro atoms. The van der Waals surface area contributed by atoms with Crippen molar-refractivity contribution in [2.45, 2.75) is 0 Å². The largest absolute Gasteiger partial charge is 0.464 e. The van der Waals surface area contributed by atoms with Crippen molar-refractivity contribution in [3.8, 4) is 0 Å². The predicted octanol–water partition coefficient (Wildman–Crippen LogP) is 0.255. The highest BCUT2D eigenvalue weighted by Crippen LogP contribution is 1.94. The van der Waals surface area contributed by atoms with Crippen LogP contribution >= 0.6 is 11.6 Å². The lowest BCUT2D eigenvalue weighted by atomic mass is 10.4. The third-order valence-corrected chi connectivity index (χ3v) is 1.05. The van der Waals surface area contributed by atoms with Gasteiger partial charge in [0.2, 0.25) is 0 Å². The summed E-state index contributed by atoms with van der Waals surface area (Å²) in [6.45, 7) is 3.06. The van der Waals surface area contributed by atoms with E-state index in [1.807, 2.05) is 0 Å². The molecule has 0 saturated heterocycles. The standard InChI is InChI=1S/C6H8ClN3O2/c1-9-10-5(7)3-4(8)6(11)12-2/h3H,1,8H2,2H3. The van der Waals surface area contributed by atoms with Crippen molar-refractivity contribution in [3.05, 3.63) is 11.8 Å². The minimum Gasteiger partial charge on any atom is -0.464 e. The number of nitrogens with two attached hydrogens (primary N) is 1. The molecule has 0 rings (SSSR count). The molecule has 0 aromatic rings. The van der Waals surface area contributed by atoms with Gasteiger partial charge in [-0.2, -0.15) is 5.10 Å². The first-order valence-corrected chi connectivity index (χ1v) is 3.24. The Hall–Kier alpha value is -1.36. The number of hydrogen-bond acceptors (Lipinski definition) is 5. The van der Waals surface area contributed by atoms with Crippen LogP contribution < -0.4 is 5.73 Å². The summed E-state index contributed by atoms with van der Waals surface area (Å²) in [6, 6.07) is 0. The molecule has 0 aliphatic rings. The van der Waals surface area contributed by atoms with Gasteiger partial charge in [-0.15, -0.1) is 5.10 Å². The molecule has 0 aliphatic carbocycles. The van der Waals surface area contributed by atoms with Crippen molar-refractivity contribution in [2.24, 2.45) is 15.9 Å². The lowest BCUT2D eigenvalue weighted by Gasteiger charge is -1.96. The second-order valence-electron chi connectivity index (χ2n) is 1.66. The number of halogens is 1. The zero-order valence-electron chi connectivity index (χ0n) is 6.45. The molecule has 0 heterocycles. The highest BCUT2D eigenvalue weighted by atomic mass is 35.5. The van der Waals surface area contributed by atoms with Crippen molar-refractivity contribution >= 4 is 29.5 Å². The number of carbonyl (C=O) groups excluding carboxylic acids is 1. The molecule has 0 aromatic carbocycles. The number of carbonyl (C=O) groups is 1. The summed E-state index contributed by atoms with van der Waals surface area (Å²) in [7, 11) is 1.21. The Kier molecular flexibility index (Phi) is 4.71. The maximum atomic E-state index is 10.7. The molecule has 66 valence electrons. The van der Waals surface area contributed by atoms with Gasteiger partial charge in [0, 0.05) is 12.8 Å². The van der Waals surface area contributed by atoms with Crippen LogP contribution in [-0.4, -0.2) is 25.0 Å². The quantitative estimate of drug-likeness (QED) is 0.299. The Morgan fingerprint density at radius 2 is 2.33 bits per heavy atom. The first-order chi connectivity index (χ1) is 5.61. The van der Waals surface area contributed by atoms with E-state index in [0.29, 0.717) is 0 Å². The van der Waals surface area contributed by atoms with Crippen LogP contribution in [0.5, 0.6) is 0 Å². The Labute approximate surface area is 74.6 Å². The second kappa shape index (κ2) is 5.31. The van der Waals surface area contributed by atoms with Gasteiger partial charge >= 0.3 is 5.97 Å². The molecule has 0 amide bonds. The van der Waals surface area contributed by atoms with Crippen LogP contribution in [-0.2, 0) is 9.53 Å². The molecule has 0 aliphatic heterocycles. The van der Waals surface area contributed by atoms with Crippen LogP contribution in [0.3, 0.4) is 0 Å². The van der Waals surface area contributed by atoms with E-state index in [9.17, 15) is 4.79 Å². The van der Waals surface area contributed by atoms with E-state index in [-0.39, 0.29) is 10.9 Å². The van der Waals surface area contributed by atoms with Gasteiger partial charge < -0.3 is 10.5 Å². The van der Waals surface area contributed by atoms with Crippen molar-refractivity contribution in [3.63, 3.8) is 0 Å². The molecule has 12 heavy (non-hydrogen) atoms. The number of ether oxygens (including phenoxy) is 1. The number of nitrogens with zero attached hydrogens (tertiary/aromatic N) is 2. The Morgan fingerprint density at radius 1 is 1.75 bits per heavy atom.